The molecular weight excluding hydrogens is 332 g/mol. The third kappa shape index (κ3) is 3.09. The molecule has 0 aliphatic carbocycles. The largest absolute Gasteiger partial charge is 0.462 e. The summed E-state index contributed by atoms with van der Waals surface area (Å²) in [6.07, 6.45) is 4.09. The van der Waals surface area contributed by atoms with E-state index in [9.17, 15) is 13.2 Å². The van der Waals surface area contributed by atoms with Gasteiger partial charge in [0, 0.05) is 26.5 Å². The SMILES string of the molecule is CCOC(=O)c1cn(C)cc1NS(=O)(=O)c1cnc(Cl)n1C. The number of rotatable bonds is 5. The smallest absolute Gasteiger partial charge is 0.341 e. The summed E-state index contributed by atoms with van der Waals surface area (Å²) in [5, 5.41) is -0.0739. The van der Waals surface area contributed by atoms with Crippen molar-refractivity contribution in [3.63, 3.8) is 0 Å². The Balaban J connectivity index is 2.38. The van der Waals surface area contributed by atoms with Gasteiger partial charge < -0.3 is 13.9 Å². The molecule has 10 heteroatoms. The summed E-state index contributed by atoms with van der Waals surface area (Å²) >= 11 is 5.75. The molecule has 0 saturated carbocycles. The van der Waals surface area contributed by atoms with Crippen molar-refractivity contribution in [2.24, 2.45) is 14.1 Å². The van der Waals surface area contributed by atoms with Gasteiger partial charge in [-0.15, -0.1) is 0 Å². The summed E-state index contributed by atoms with van der Waals surface area (Å²) in [6.45, 7) is 1.86. The Morgan fingerprint density at radius 1 is 1.41 bits per heavy atom. The molecule has 0 bridgehead atoms. The molecule has 22 heavy (non-hydrogen) atoms. The first-order valence-electron chi connectivity index (χ1n) is 6.29. The number of anilines is 1. The molecule has 1 N–H and O–H groups in total. The number of ether oxygens (including phenoxy) is 1. The van der Waals surface area contributed by atoms with E-state index < -0.39 is 16.0 Å². The second kappa shape index (κ2) is 6.01. The first-order chi connectivity index (χ1) is 10.3. The van der Waals surface area contributed by atoms with E-state index in [1.165, 1.54) is 24.0 Å². The van der Waals surface area contributed by atoms with Crippen LogP contribution in [0.2, 0.25) is 5.28 Å². The fraction of sp³-hybridized carbons (Fsp3) is 0.333. The molecular formula is C12H15ClN4O4S. The lowest BCUT2D eigenvalue weighted by Crippen LogP contribution is -2.18. The van der Waals surface area contributed by atoms with Gasteiger partial charge in [0.2, 0.25) is 5.28 Å². The van der Waals surface area contributed by atoms with Crippen LogP contribution < -0.4 is 4.72 Å². The maximum Gasteiger partial charge on any atom is 0.341 e. The molecule has 2 rings (SSSR count). The number of imidazole rings is 1. The van der Waals surface area contributed by atoms with Gasteiger partial charge in [0.15, 0.2) is 5.03 Å². The summed E-state index contributed by atoms with van der Waals surface area (Å²) < 4.78 is 34.8. The number of carbonyl (C=O) groups is 1. The average Bonchev–Trinajstić information content (AvgIpc) is 2.94. The van der Waals surface area contributed by atoms with Crippen LogP contribution in [0.25, 0.3) is 0 Å². The van der Waals surface area contributed by atoms with Crippen molar-refractivity contribution >= 4 is 33.3 Å². The molecule has 120 valence electrons. The molecule has 0 saturated heterocycles. The minimum Gasteiger partial charge on any atom is -0.462 e. The minimum absolute atomic E-state index is 0.0408. The maximum absolute atomic E-state index is 12.4. The van der Waals surface area contributed by atoms with Crippen LogP contribution in [0.4, 0.5) is 5.69 Å². The van der Waals surface area contributed by atoms with E-state index in [0.29, 0.717) is 0 Å². The summed E-state index contributed by atoms with van der Waals surface area (Å²) in [4.78, 5) is 15.6. The summed E-state index contributed by atoms with van der Waals surface area (Å²) in [6, 6.07) is 0. The molecule has 0 amide bonds. The highest BCUT2D eigenvalue weighted by Gasteiger charge is 2.24. The van der Waals surface area contributed by atoms with Crippen molar-refractivity contribution in [2.75, 3.05) is 11.3 Å². The zero-order valence-corrected chi connectivity index (χ0v) is 13.8. The molecule has 0 aromatic carbocycles. The number of nitrogens with one attached hydrogen (secondary N) is 1. The van der Waals surface area contributed by atoms with Crippen LogP contribution in [0.5, 0.6) is 0 Å². The standard InChI is InChI=1S/C12H15ClN4O4S/c1-4-21-11(18)8-6-16(2)7-9(8)15-22(19,20)10-5-14-12(13)17(10)3/h5-7,15H,4H2,1-3H3. The van der Waals surface area contributed by atoms with Crippen molar-refractivity contribution in [3.8, 4) is 0 Å². The third-order valence-electron chi connectivity index (χ3n) is 2.86. The number of hydrogen-bond acceptors (Lipinski definition) is 5. The Bertz CT molecular complexity index is 809. The number of carbonyl (C=O) groups excluding carboxylic acids is 1. The Labute approximate surface area is 132 Å². The molecule has 0 unspecified atom stereocenters. The van der Waals surface area contributed by atoms with Crippen molar-refractivity contribution in [2.45, 2.75) is 11.9 Å². The van der Waals surface area contributed by atoms with Gasteiger partial charge >= 0.3 is 5.97 Å². The lowest BCUT2D eigenvalue weighted by atomic mass is 10.3. The van der Waals surface area contributed by atoms with E-state index >= 15 is 0 Å². The van der Waals surface area contributed by atoms with Crippen LogP contribution in [-0.2, 0) is 28.9 Å². The summed E-state index contributed by atoms with van der Waals surface area (Å²) in [5.41, 5.74) is 0.250. The second-order valence-corrected chi connectivity index (χ2v) is 6.47. The Morgan fingerprint density at radius 2 is 2.09 bits per heavy atom. The van der Waals surface area contributed by atoms with Crippen LogP contribution >= 0.6 is 11.6 Å². The Morgan fingerprint density at radius 3 is 2.64 bits per heavy atom. The predicted molar refractivity (Wildman–Crippen MR) is 80.4 cm³/mol. The molecule has 0 atom stereocenters. The first-order valence-corrected chi connectivity index (χ1v) is 8.15. The maximum atomic E-state index is 12.4. The number of aromatic nitrogens is 3. The molecule has 8 nitrogen and oxygen atoms in total. The zero-order chi connectivity index (χ0) is 16.5. The predicted octanol–water partition coefficient (Wildman–Crippen LogP) is 1.39. The number of sulfonamides is 1. The summed E-state index contributed by atoms with van der Waals surface area (Å²) in [7, 11) is -0.794. The van der Waals surface area contributed by atoms with E-state index in [-0.39, 0.29) is 28.2 Å². The molecule has 0 aliphatic heterocycles. The number of hydrogen-bond donors (Lipinski definition) is 1. The monoisotopic (exact) mass is 346 g/mol. The van der Waals surface area contributed by atoms with E-state index in [1.54, 1.807) is 18.5 Å². The molecule has 2 aromatic rings. The number of esters is 1. The Hall–Kier alpha value is -2.00. The first kappa shape index (κ1) is 16.4. The molecule has 0 aliphatic rings. The highest BCUT2D eigenvalue weighted by atomic mass is 35.5. The molecule has 2 aromatic heterocycles. The summed E-state index contributed by atoms with van der Waals surface area (Å²) in [5.74, 6) is -0.608. The highest BCUT2D eigenvalue weighted by Crippen LogP contribution is 2.23. The van der Waals surface area contributed by atoms with Crippen molar-refractivity contribution < 1.29 is 17.9 Å². The van der Waals surface area contributed by atoms with E-state index in [1.807, 2.05) is 0 Å². The van der Waals surface area contributed by atoms with Gasteiger partial charge in [0.1, 0.15) is 5.56 Å². The van der Waals surface area contributed by atoms with E-state index in [0.717, 1.165) is 6.20 Å². The molecule has 2 heterocycles. The van der Waals surface area contributed by atoms with Crippen LogP contribution in [0.15, 0.2) is 23.6 Å². The van der Waals surface area contributed by atoms with Crippen molar-refractivity contribution in [1.29, 1.82) is 0 Å². The fourth-order valence-corrected chi connectivity index (χ4v) is 3.24. The van der Waals surface area contributed by atoms with Crippen LogP contribution in [0.3, 0.4) is 0 Å². The van der Waals surface area contributed by atoms with Gasteiger partial charge in [-0.3, -0.25) is 4.72 Å². The van der Waals surface area contributed by atoms with Crippen molar-refractivity contribution in [3.05, 3.63) is 29.4 Å². The van der Waals surface area contributed by atoms with Gasteiger partial charge in [-0.05, 0) is 18.5 Å². The fourth-order valence-electron chi connectivity index (χ4n) is 1.86. The molecule has 0 fully saturated rings. The number of aryl methyl sites for hydroxylation is 1. The second-order valence-electron chi connectivity index (χ2n) is 4.50. The van der Waals surface area contributed by atoms with Crippen LogP contribution in [0, 0.1) is 0 Å². The highest BCUT2D eigenvalue weighted by molar-refractivity contribution is 7.92. The van der Waals surface area contributed by atoms with Gasteiger partial charge in [0.05, 0.1) is 18.5 Å². The number of nitrogens with zero attached hydrogens (tertiary/aromatic N) is 3. The van der Waals surface area contributed by atoms with Gasteiger partial charge in [-0.25, -0.2) is 9.78 Å². The number of halogens is 1. The lowest BCUT2D eigenvalue weighted by molar-refractivity contribution is 0.0527. The minimum atomic E-state index is -3.94. The normalized spacial score (nSPS) is 11.5. The lowest BCUT2D eigenvalue weighted by Gasteiger charge is -2.08. The quantitative estimate of drug-likeness (QED) is 0.825. The average molecular weight is 347 g/mol. The van der Waals surface area contributed by atoms with Crippen LogP contribution in [0.1, 0.15) is 17.3 Å². The molecule has 0 spiro atoms. The van der Waals surface area contributed by atoms with E-state index in [2.05, 4.69) is 9.71 Å². The topological polar surface area (TPSA) is 95.2 Å². The van der Waals surface area contributed by atoms with Crippen molar-refractivity contribution in [1.82, 2.24) is 14.1 Å². The van der Waals surface area contributed by atoms with Gasteiger partial charge in [0.25, 0.3) is 10.0 Å². The molecule has 0 radical (unpaired) electrons. The van der Waals surface area contributed by atoms with E-state index in [4.69, 9.17) is 16.3 Å². The van der Waals surface area contributed by atoms with Crippen LogP contribution in [-0.4, -0.2) is 35.1 Å². The Kier molecular flexibility index (Phi) is 4.47. The van der Waals surface area contributed by atoms with Gasteiger partial charge in [-0.1, -0.05) is 0 Å². The van der Waals surface area contributed by atoms with Gasteiger partial charge in [-0.2, -0.15) is 8.42 Å². The third-order valence-corrected chi connectivity index (χ3v) is 4.63. The zero-order valence-electron chi connectivity index (χ0n) is 12.2.